The molecular weight excluding hydrogens is 214 g/mol. The minimum Gasteiger partial charge on any atom is -0.395 e. The summed E-state index contributed by atoms with van der Waals surface area (Å²) in [5.41, 5.74) is 0. The maximum Gasteiger partial charge on any atom is 0.0585 e. The summed E-state index contributed by atoms with van der Waals surface area (Å²) in [5.74, 6) is 3.67. The molecule has 2 atom stereocenters. The summed E-state index contributed by atoms with van der Waals surface area (Å²) in [6.07, 6.45) is 5.80. The molecular formula is C10H21NOS2. The van der Waals surface area contributed by atoms with Gasteiger partial charge in [-0.3, -0.25) is 0 Å². The number of rotatable bonds is 6. The van der Waals surface area contributed by atoms with Gasteiger partial charge in [0.1, 0.15) is 0 Å². The molecule has 1 aliphatic rings. The van der Waals surface area contributed by atoms with Crippen molar-refractivity contribution < 1.29 is 5.11 Å². The minimum atomic E-state index is 0.279. The Kier molecular flexibility index (Phi) is 7.12. The summed E-state index contributed by atoms with van der Waals surface area (Å²) < 4.78 is 0. The molecule has 84 valence electrons. The Morgan fingerprint density at radius 1 is 1.64 bits per heavy atom. The quantitative estimate of drug-likeness (QED) is 0.732. The first-order valence-electron chi connectivity index (χ1n) is 5.30. The SMILES string of the molecule is CSCC[C@@H](CO)N[C@@H]1CCCSC1. The lowest BCUT2D eigenvalue weighted by molar-refractivity contribution is 0.228. The van der Waals surface area contributed by atoms with Gasteiger partial charge >= 0.3 is 0 Å². The Morgan fingerprint density at radius 2 is 2.50 bits per heavy atom. The Bertz CT molecular complexity index is 140. The standard InChI is InChI=1S/C10H21NOS2/c1-13-6-4-9(7-12)11-10-3-2-5-14-8-10/h9-12H,2-8H2,1H3/t9-,10+/m0/s1. The van der Waals surface area contributed by atoms with Crippen molar-refractivity contribution in [1.82, 2.24) is 5.32 Å². The highest BCUT2D eigenvalue weighted by Gasteiger charge is 2.17. The van der Waals surface area contributed by atoms with Crippen molar-refractivity contribution in [2.45, 2.75) is 31.3 Å². The number of hydrogen-bond acceptors (Lipinski definition) is 4. The molecule has 2 nitrogen and oxygen atoms in total. The van der Waals surface area contributed by atoms with E-state index >= 15 is 0 Å². The van der Waals surface area contributed by atoms with E-state index in [4.69, 9.17) is 0 Å². The third kappa shape index (κ3) is 4.91. The van der Waals surface area contributed by atoms with Crippen LogP contribution in [0.25, 0.3) is 0 Å². The van der Waals surface area contributed by atoms with Gasteiger partial charge in [-0.2, -0.15) is 23.5 Å². The molecule has 1 rings (SSSR count). The van der Waals surface area contributed by atoms with Gasteiger partial charge in [-0.25, -0.2) is 0 Å². The van der Waals surface area contributed by atoms with Gasteiger partial charge in [0.15, 0.2) is 0 Å². The van der Waals surface area contributed by atoms with Crippen LogP contribution >= 0.6 is 23.5 Å². The first kappa shape index (κ1) is 12.7. The zero-order valence-corrected chi connectivity index (χ0v) is 10.5. The lowest BCUT2D eigenvalue weighted by Crippen LogP contribution is -2.43. The highest BCUT2D eigenvalue weighted by molar-refractivity contribution is 7.99. The van der Waals surface area contributed by atoms with Gasteiger partial charge in [-0.15, -0.1) is 0 Å². The van der Waals surface area contributed by atoms with Crippen molar-refractivity contribution in [2.75, 3.05) is 30.1 Å². The summed E-state index contributed by atoms with van der Waals surface area (Å²) in [7, 11) is 0. The molecule has 0 aromatic heterocycles. The molecule has 0 unspecified atom stereocenters. The van der Waals surface area contributed by atoms with Crippen molar-refractivity contribution in [3.63, 3.8) is 0 Å². The van der Waals surface area contributed by atoms with Gasteiger partial charge in [0.05, 0.1) is 6.61 Å². The molecule has 1 fully saturated rings. The number of aliphatic hydroxyl groups is 1. The van der Waals surface area contributed by atoms with Crippen LogP contribution in [-0.2, 0) is 0 Å². The Balaban J connectivity index is 2.16. The van der Waals surface area contributed by atoms with E-state index in [1.54, 1.807) is 0 Å². The van der Waals surface area contributed by atoms with Gasteiger partial charge in [0.25, 0.3) is 0 Å². The zero-order valence-electron chi connectivity index (χ0n) is 8.87. The molecule has 14 heavy (non-hydrogen) atoms. The fourth-order valence-electron chi connectivity index (χ4n) is 1.69. The molecule has 2 N–H and O–H groups in total. The molecule has 0 aromatic carbocycles. The van der Waals surface area contributed by atoms with E-state index in [1.165, 1.54) is 24.3 Å². The second-order valence-corrected chi connectivity index (χ2v) is 5.88. The lowest BCUT2D eigenvalue weighted by atomic mass is 10.1. The first-order valence-corrected chi connectivity index (χ1v) is 7.85. The number of thioether (sulfide) groups is 2. The molecule has 0 aromatic rings. The Morgan fingerprint density at radius 3 is 3.07 bits per heavy atom. The monoisotopic (exact) mass is 235 g/mol. The largest absolute Gasteiger partial charge is 0.395 e. The van der Waals surface area contributed by atoms with Crippen LogP contribution in [0.2, 0.25) is 0 Å². The van der Waals surface area contributed by atoms with Crippen molar-refractivity contribution in [3.05, 3.63) is 0 Å². The zero-order chi connectivity index (χ0) is 10.2. The number of nitrogens with one attached hydrogen (secondary N) is 1. The van der Waals surface area contributed by atoms with Gasteiger partial charge in [-0.05, 0) is 37.0 Å². The summed E-state index contributed by atoms with van der Waals surface area (Å²) >= 11 is 3.88. The fourth-order valence-corrected chi connectivity index (χ4v) is 3.30. The topological polar surface area (TPSA) is 32.3 Å². The summed E-state index contributed by atoms with van der Waals surface area (Å²) in [4.78, 5) is 0. The van der Waals surface area contributed by atoms with Gasteiger partial charge in [0, 0.05) is 17.8 Å². The smallest absolute Gasteiger partial charge is 0.0585 e. The summed E-state index contributed by atoms with van der Waals surface area (Å²) in [6.45, 7) is 0.279. The molecule has 0 bridgehead atoms. The molecule has 0 aliphatic carbocycles. The maximum atomic E-state index is 9.20. The second-order valence-electron chi connectivity index (χ2n) is 3.74. The van der Waals surface area contributed by atoms with E-state index in [-0.39, 0.29) is 6.61 Å². The third-order valence-electron chi connectivity index (χ3n) is 2.52. The molecule has 4 heteroatoms. The van der Waals surface area contributed by atoms with Crippen LogP contribution in [0.4, 0.5) is 0 Å². The number of aliphatic hydroxyl groups excluding tert-OH is 1. The second kappa shape index (κ2) is 7.85. The lowest BCUT2D eigenvalue weighted by Gasteiger charge is -2.27. The molecule has 1 saturated heterocycles. The third-order valence-corrected chi connectivity index (χ3v) is 4.38. The number of hydrogen-bond donors (Lipinski definition) is 2. The molecule has 0 spiro atoms. The first-order chi connectivity index (χ1) is 6.86. The van der Waals surface area contributed by atoms with Crippen LogP contribution in [0, 0.1) is 0 Å². The maximum absolute atomic E-state index is 9.20. The van der Waals surface area contributed by atoms with Crippen LogP contribution in [0.3, 0.4) is 0 Å². The summed E-state index contributed by atoms with van der Waals surface area (Å²) in [6, 6.07) is 0.943. The van der Waals surface area contributed by atoms with Crippen molar-refractivity contribution in [1.29, 1.82) is 0 Å². The van der Waals surface area contributed by atoms with E-state index < -0.39 is 0 Å². The van der Waals surface area contributed by atoms with E-state index in [1.807, 2.05) is 23.5 Å². The average molecular weight is 235 g/mol. The minimum absolute atomic E-state index is 0.279. The van der Waals surface area contributed by atoms with Crippen LogP contribution in [0.1, 0.15) is 19.3 Å². The van der Waals surface area contributed by atoms with Crippen molar-refractivity contribution in [3.8, 4) is 0 Å². The highest BCUT2D eigenvalue weighted by Crippen LogP contribution is 2.17. The van der Waals surface area contributed by atoms with Gasteiger partial charge < -0.3 is 10.4 Å². The Labute approximate surface area is 95.6 Å². The van der Waals surface area contributed by atoms with Crippen LogP contribution in [-0.4, -0.2) is 47.3 Å². The predicted molar refractivity (Wildman–Crippen MR) is 67.4 cm³/mol. The molecule has 1 heterocycles. The van der Waals surface area contributed by atoms with Gasteiger partial charge in [-0.1, -0.05) is 0 Å². The highest BCUT2D eigenvalue weighted by atomic mass is 32.2. The van der Waals surface area contributed by atoms with E-state index in [0.29, 0.717) is 12.1 Å². The van der Waals surface area contributed by atoms with Crippen molar-refractivity contribution >= 4 is 23.5 Å². The fraction of sp³-hybridized carbons (Fsp3) is 1.00. The molecule has 0 amide bonds. The van der Waals surface area contributed by atoms with Gasteiger partial charge in [0.2, 0.25) is 0 Å². The van der Waals surface area contributed by atoms with E-state index in [9.17, 15) is 5.11 Å². The average Bonchev–Trinajstić information content (AvgIpc) is 2.25. The molecule has 0 radical (unpaired) electrons. The normalized spacial score (nSPS) is 24.9. The molecule has 0 saturated carbocycles. The van der Waals surface area contributed by atoms with E-state index in [2.05, 4.69) is 11.6 Å². The van der Waals surface area contributed by atoms with Crippen LogP contribution in [0.15, 0.2) is 0 Å². The van der Waals surface area contributed by atoms with Crippen LogP contribution in [0.5, 0.6) is 0 Å². The predicted octanol–water partition coefficient (Wildman–Crippen LogP) is 1.59. The van der Waals surface area contributed by atoms with Crippen molar-refractivity contribution in [2.24, 2.45) is 0 Å². The van der Waals surface area contributed by atoms with Crippen LogP contribution < -0.4 is 5.32 Å². The van der Waals surface area contributed by atoms with E-state index in [0.717, 1.165) is 12.2 Å². The summed E-state index contributed by atoms with van der Waals surface area (Å²) in [5, 5.41) is 12.8. The molecule has 1 aliphatic heterocycles. The Hall–Kier alpha value is 0.620.